The Balaban J connectivity index is 1.50. The summed E-state index contributed by atoms with van der Waals surface area (Å²) in [5.41, 5.74) is 17.0. The van der Waals surface area contributed by atoms with Gasteiger partial charge in [-0.25, -0.2) is 0 Å². The van der Waals surface area contributed by atoms with Crippen molar-refractivity contribution in [2.24, 2.45) is 16.1 Å². The Hall–Kier alpha value is -4.26. The number of nitrogens with zero attached hydrogens (tertiary/aromatic N) is 2. The van der Waals surface area contributed by atoms with Crippen LogP contribution in [0.15, 0.2) is 71.0 Å². The highest BCUT2D eigenvalue weighted by atomic mass is 32.1. The largest absolute Gasteiger partial charge is 0.491 e. The number of thiophene rings is 1. The Kier molecular flexibility index (Phi) is 9.84. The summed E-state index contributed by atoms with van der Waals surface area (Å²) in [6.45, 7) is 5.02. The Morgan fingerprint density at radius 2 is 1.82 bits per heavy atom. The van der Waals surface area contributed by atoms with E-state index in [0.29, 0.717) is 37.6 Å². The van der Waals surface area contributed by atoms with Gasteiger partial charge in [-0.2, -0.15) is 9.92 Å². The minimum Gasteiger partial charge on any atom is -0.491 e. The van der Waals surface area contributed by atoms with E-state index in [0.717, 1.165) is 49.4 Å². The SMILES string of the molecule is CC#C[C@@H](C/C(N)=N/N=N)c1ccc(OCc2ccc3sc(F)c(-c4ccc(OCCOC)cc4C)c3c2)cc1. The van der Waals surface area contributed by atoms with Crippen molar-refractivity contribution in [1.29, 1.82) is 5.53 Å². The van der Waals surface area contributed by atoms with Crippen LogP contribution in [0.1, 0.15) is 36.0 Å². The third-order valence-electron chi connectivity index (χ3n) is 6.33. The first kappa shape index (κ1) is 28.7. The lowest BCUT2D eigenvalue weighted by Crippen LogP contribution is -2.15. The first-order chi connectivity index (χ1) is 19.4. The van der Waals surface area contributed by atoms with Gasteiger partial charge in [-0.05, 0) is 72.5 Å². The van der Waals surface area contributed by atoms with Crippen LogP contribution >= 0.6 is 11.3 Å². The minimum atomic E-state index is -0.216. The lowest BCUT2D eigenvalue weighted by atomic mass is 9.95. The lowest BCUT2D eigenvalue weighted by Gasteiger charge is -2.12. The molecule has 0 saturated heterocycles. The number of methoxy groups -OCH3 is 1. The van der Waals surface area contributed by atoms with Gasteiger partial charge < -0.3 is 19.9 Å². The van der Waals surface area contributed by atoms with Crippen LogP contribution in [0.3, 0.4) is 0 Å². The quantitative estimate of drug-likeness (QED) is 0.0472. The number of fused-ring (bicyclic) bond motifs is 1. The summed E-state index contributed by atoms with van der Waals surface area (Å²) in [4.78, 5) is 0. The van der Waals surface area contributed by atoms with E-state index in [2.05, 4.69) is 22.2 Å². The Labute approximate surface area is 237 Å². The molecule has 0 bridgehead atoms. The normalized spacial score (nSPS) is 12.1. The molecule has 206 valence electrons. The van der Waals surface area contributed by atoms with Crippen LogP contribution in [0.25, 0.3) is 21.2 Å². The molecule has 0 radical (unpaired) electrons. The minimum absolute atomic E-state index is 0.159. The van der Waals surface area contributed by atoms with Crippen molar-refractivity contribution >= 4 is 27.3 Å². The molecule has 40 heavy (non-hydrogen) atoms. The average molecular weight is 559 g/mol. The van der Waals surface area contributed by atoms with Gasteiger partial charge in [0.05, 0.1) is 12.5 Å². The van der Waals surface area contributed by atoms with Gasteiger partial charge in [0.15, 0.2) is 5.13 Å². The third-order valence-corrected chi connectivity index (χ3v) is 7.29. The van der Waals surface area contributed by atoms with Crippen molar-refractivity contribution in [1.82, 2.24) is 0 Å². The zero-order valence-electron chi connectivity index (χ0n) is 22.7. The van der Waals surface area contributed by atoms with Crippen LogP contribution in [-0.2, 0) is 11.3 Å². The Bertz CT molecular complexity index is 1570. The van der Waals surface area contributed by atoms with E-state index in [1.165, 1.54) is 0 Å². The monoisotopic (exact) mass is 558 g/mol. The third kappa shape index (κ3) is 7.03. The molecular weight excluding hydrogens is 527 g/mol. The Morgan fingerprint density at radius 3 is 2.52 bits per heavy atom. The second kappa shape index (κ2) is 13.7. The van der Waals surface area contributed by atoms with E-state index in [-0.39, 0.29) is 16.9 Å². The molecule has 0 fully saturated rings. The predicted molar refractivity (Wildman–Crippen MR) is 158 cm³/mol. The van der Waals surface area contributed by atoms with Crippen molar-refractivity contribution in [3.63, 3.8) is 0 Å². The molecule has 0 unspecified atom stereocenters. The van der Waals surface area contributed by atoms with Crippen LogP contribution < -0.4 is 15.2 Å². The highest BCUT2D eigenvalue weighted by Crippen LogP contribution is 2.40. The van der Waals surface area contributed by atoms with Crippen LogP contribution in [-0.4, -0.2) is 26.2 Å². The van der Waals surface area contributed by atoms with Gasteiger partial charge in [0, 0.05) is 29.2 Å². The topological polar surface area (TPSA) is 102 Å². The van der Waals surface area contributed by atoms with E-state index in [1.807, 2.05) is 67.6 Å². The van der Waals surface area contributed by atoms with Gasteiger partial charge in [0.1, 0.15) is 30.5 Å². The number of halogens is 1. The van der Waals surface area contributed by atoms with Gasteiger partial charge in [0.25, 0.3) is 0 Å². The number of amidine groups is 1. The highest BCUT2D eigenvalue weighted by molar-refractivity contribution is 7.18. The first-order valence-electron chi connectivity index (χ1n) is 12.7. The van der Waals surface area contributed by atoms with Crippen LogP contribution in [0.5, 0.6) is 11.5 Å². The lowest BCUT2D eigenvalue weighted by molar-refractivity contribution is 0.146. The number of nitrogens with two attached hydrogens (primary N) is 1. The van der Waals surface area contributed by atoms with E-state index in [9.17, 15) is 0 Å². The van der Waals surface area contributed by atoms with E-state index in [1.54, 1.807) is 14.0 Å². The summed E-state index contributed by atoms with van der Waals surface area (Å²) in [6.07, 6.45) is 0.381. The van der Waals surface area contributed by atoms with Crippen LogP contribution in [0, 0.1) is 29.4 Å². The zero-order chi connectivity index (χ0) is 28.5. The summed E-state index contributed by atoms with van der Waals surface area (Å²) in [5, 5.41) is 7.21. The number of rotatable bonds is 12. The molecule has 0 spiro atoms. The summed E-state index contributed by atoms with van der Waals surface area (Å²) < 4.78 is 32.9. The molecule has 1 aromatic heterocycles. The maximum absolute atomic E-state index is 15.2. The van der Waals surface area contributed by atoms with Crippen molar-refractivity contribution in [3.8, 4) is 34.5 Å². The smallest absolute Gasteiger partial charge is 0.185 e. The second-order valence-corrected chi connectivity index (χ2v) is 10.1. The van der Waals surface area contributed by atoms with Crippen molar-refractivity contribution in [2.75, 3.05) is 20.3 Å². The van der Waals surface area contributed by atoms with Crippen molar-refractivity contribution < 1.29 is 18.6 Å². The molecule has 4 rings (SSSR count). The average Bonchev–Trinajstić information content (AvgIpc) is 3.27. The molecule has 1 heterocycles. The predicted octanol–water partition coefficient (Wildman–Crippen LogP) is 7.42. The van der Waals surface area contributed by atoms with Gasteiger partial charge in [-0.15, -0.1) is 22.4 Å². The molecule has 9 heteroatoms. The van der Waals surface area contributed by atoms with Gasteiger partial charge in [-0.1, -0.05) is 35.4 Å². The summed E-state index contributed by atoms with van der Waals surface area (Å²) in [7, 11) is 1.63. The number of nitrogens with one attached hydrogen (secondary N) is 1. The fraction of sp³-hybridized carbons (Fsp3) is 0.258. The van der Waals surface area contributed by atoms with E-state index < -0.39 is 0 Å². The molecule has 0 amide bonds. The summed E-state index contributed by atoms with van der Waals surface area (Å²) >= 11 is 1.14. The fourth-order valence-corrected chi connectivity index (χ4v) is 5.33. The number of hydrogen-bond acceptors (Lipinski definition) is 6. The molecule has 3 N–H and O–H groups in total. The van der Waals surface area contributed by atoms with E-state index in [4.69, 9.17) is 25.5 Å². The van der Waals surface area contributed by atoms with Crippen molar-refractivity contribution in [2.45, 2.75) is 32.8 Å². The van der Waals surface area contributed by atoms with E-state index >= 15 is 4.39 Å². The fourth-order valence-electron chi connectivity index (χ4n) is 4.41. The molecule has 3 aromatic carbocycles. The maximum atomic E-state index is 15.2. The number of hydrogen-bond donors (Lipinski definition) is 2. The molecular formula is C31H31FN4O3S. The highest BCUT2D eigenvalue weighted by Gasteiger charge is 2.17. The maximum Gasteiger partial charge on any atom is 0.185 e. The summed E-state index contributed by atoms with van der Waals surface area (Å²) in [5.74, 6) is 7.57. The molecule has 0 aliphatic rings. The van der Waals surface area contributed by atoms with Gasteiger partial charge in [0.2, 0.25) is 0 Å². The molecule has 0 aliphatic heterocycles. The molecule has 0 saturated carbocycles. The zero-order valence-corrected chi connectivity index (χ0v) is 23.5. The number of aryl methyl sites for hydroxylation is 1. The number of ether oxygens (including phenoxy) is 3. The molecule has 7 nitrogen and oxygen atoms in total. The Morgan fingerprint density at radius 1 is 1.05 bits per heavy atom. The van der Waals surface area contributed by atoms with Gasteiger partial charge in [-0.3, -0.25) is 0 Å². The molecule has 4 aromatic rings. The standard InChI is InChI=1S/C31H31FN4O3S/c1-4-5-23(18-29(33)35-36-34)22-7-9-24(10-8-22)39-19-21-6-13-28-27(17-21)30(31(32)40-28)26-12-11-25(16-20(26)2)38-15-14-37-3/h6-13,16-17,23H,14-15,18-19H2,1-3H3,(H3,33,34,35)/t23-/m0/s1. The van der Waals surface area contributed by atoms with Crippen LogP contribution in [0.2, 0.25) is 0 Å². The summed E-state index contributed by atoms with van der Waals surface area (Å²) in [6, 6.07) is 19.2. The first-order valence-corrected chi connectivity index (χ1v) is 13.5. The van der Waals surface area contributed by atoms with Crippen molar-refractivity contribution in [3.05, 3.63) is 82.5 Å². The molecule has 1 atom stereocenters. The van der Waals surface area contributed by atoms with Gasteiger partial charge >= 0.3 is 0 Å². The van der Waals surface area contributed by atoms with Crippen LogP contribution in [0.4, 0.5) is 4.39 Å². The number of benzene rings is 3. The molecule has 0 aliphatic carbocycles. The second-order valence-electron chi connectivity index (χ2n) is 9.10.